The lowest BCUT2D eigenvalue weighted by Gasteiger charge is -2.11. The number of rotatable bonds is 8. The second-order valence-corrected chi connectivity index (χ2v) is 12.8. The first-order valence-corrected chi connectivity index (χ1v) is 17.8. The molecule has 0 saturated heterocycles. The summed E-state index contributed by atoms with van der Waals surface area (Å²) >= 11 is 0. The minimum Gasteiger partial charge on any atom is -0.265 e. The Balaban J connectivity index is 1.06. The molecule has 0 aliphatic carbocycles. The van der Waals surface area contributed by atoms with Gasteiger partial charge >= 0.3 is 0 Å². The Morgan fingerprint density at radius 2 is 0.574 bits per heavy atom. The first-order valence-electron chi connectivity index (χ1n) is 17.8. The van der Waals surface area contributed by atoms with Crippen LogP contribution in [0.5, 0.6) is 0 Å². The molecule has 6 nitrogen and oxygen atoms in total. The molecule has 0 unspecified atom stereocenters. The highest BCUT2D eigenvalue weighted by atomic mass is 15.0. The quantitative estimate of drug-likeness (QED) is 0.158. The Bertz CT molecular complexity index is 2610. The molecule has 9 rings (SSSR count). The van der Waals surface area contributed by atoms with Crippen LogP contribution in [-0.2, 0) is 0 Å². The van der Waals surface area contributed by atoms with Crippen molar-refractivity contribution in [3.8, 4) is 90.3 Å². The molecule has 0 bridgehead atoms. The van der Waals surface area contributed by atoms with Gasteiger partial charge in [-0.15, -0.1) is 0 Å². The third kappa shape index (κ3) is 6.92. The smallest absolute Gasteiger partial charge is 0.164 e. The summed E-state index contributed by atoms with van der Waals surface area (Å²) in [4.78, 5) is 29.0. The number of benzene rings is 6. The Morgan fingerprint density at radius 3 is 1.09 bits per heavy atom. The zero-order chi connectivity index (χ0) is 36.1. The summed E-state index contributed by atoms with van der Waals surface area (Å²) in [5.74, 6) is 2.55. The summed E-state index contributed by atoms with van der Waals surface area (Å²) in [6.07, 6.45) is 3.61. The zero-order valence-corrected chi connectivity index (χ0v) is 29.2. The van der Waals surface area contributed by atoms with E-state index in [1.54, 1.807) is 12.4 Å². The summed E-state index contributed by atoms with van der Waals surface area (Å²) in [5.41, 5.74) is 11.9. The van der Waals surface area contributed by atoms with Crippen LogP contribution in [0.15, 0.2) is 194 Å². The molecule has 6 aromatic carbocycles. The van der Waals surface area contributed by atoms with Crippen LogP contribution in [0.1, 0.15) is 0 Å². The van der Waals surface area contributed by atoms with Crippen molar-refractivity contribution in [2.75, 3.05) is 0 Å². The highest BCUT2D eigenvalue weighted by Gasteiger charge is 2.14. The van der Waals surface area contributed by atoms with Gasteiger partial charge in [0, 0.05) is 45.8 Å². The van der Waals surface area contributed by atoms with E-state index in [4.69, 9.17) is 24.9 Å². The van der Waals surface area contributed by atoms with Crippen molar-refractivity contribution in [3.63, 3.8) is 0 Å². The second kappa shape index (κ2) is 14.7. The van der Waals surface area contributed by atoms with Crippen LogP contribution < -0.4 is 0 Å². The van der Waals surface area contributed by atoms with E-state index in [0.717, 1.165) is 67.0 Å². The Morgan fingerprint density at radius 1 is 0.222 bits per heavy atom. The zero-order valence-electron chi connectivity index (χ0n) is 29.2. The van der Waals surface area contributed by atoms with E-state index in [-0.39, 0.29) is 0 Å². The van der Waals surface area contributed by atoms with Crippen molar-refractivity contribution in [2.45, 2.75) is 0 Å². The molecule has 0 saturated carbocycles. The minimum atomic E-state index is 0.611. The van der Waals surface area contributed by atoms with E-state index in [0.29, 0.717) is 23.3 Å². The van der Waals surface area contributed by atoms with Gasteiger partial charge in [0.05, 0.1) is 11.4 Å². The average molecular weight is 693 g/mol. The predicted molar refractivity (Wildman–Crippen MR) is 217 cm³/mol. The van der Waals surface area contributed by atoms with Crippen LogP contribution in [0.25, 0.3) is 90.3 Å². The monoisotopic (exact) mass is 692 g/mol. The van der Waals surface area contributed by atoms with E-state index in [1.807, 2.05) is 91.0 Å². The highest BCUT2D eigenvalue weighted by molar-refractivity contribution is 5.77. The fourth-order valence-corrected chi connectivity index (χ4v) is 6.44. The van der Waals surface area contributed by atoms with Crippen molar-refractivity contribution in [2.24, 2.45) is 0 Å². The van der Waals surface area contributed by atoms with E-state index < -0.39 is 0 Å². The molecule has 0 atom stereocenters. The van der Waals surface area contributed by atoms with E-state index in [2.05, 4.69) is 96.0 Å². The van der Waals surface area contributed by atoms with Gasteiger partial charge in [-0.3, -0.25) is 4.98 Å². The average Bonchev–Trinajstić information content (AvgIpc) is 3.27. The first-order chi connectivity index (χ1) is 26.7. The van der Waals surface area contributed by atoms with Crippen LogP contribution in [0.4, 0.5) is 0 Å². The molecule has 0 radical (unpaired) electrons. The van der Waals surface area contributed by atoms with Gasteiger partial charge in [-0.1, -0.05) is 158 Å². The molecule has 6 heteroatoms. The first kappa shape index (κ1) is 32.5. The van der Waals surface area contributed by atoms with Gasteiger partial charge in [-0.2, -0.15) is 0 Å². The lowest BCUT2D eigenvalue weighted by Crippen LogP contribution is -2.00. The molecular weight excluding hydrogens is 661 g/mol. The minimum absolute atomic E-state index is 0.611. The SMILES string of the molecule is c1ccc(-c2cc(-c3cccc(-c4ccc(-c5nc(-c6ccccc6)nc(-c6ccc(-c7ccncc7)cc6)n5)cc4)c3)nc(-c3ccccc3)n2)cc1. The van der Waals surface area contributed by atoms with Gasteiger partial charge in [-0.25, -0.2) is 24.9 Å². The summed E-state index contributed by atoms with van der Waals surface area (Å²) < 4.78 is 0. The molecule has 0 aliphatic rings. The van der Waals surface area contributed by atoms with Crippen LogP contribution in [0.2, 0.25) is 0 Å². The summed E-state index contributed by atoms with van der Waals surface area (Å²) in [6.45, 7) is 0. The fourth-order valence-electron chi connectivity index (χ4n) is 6.44. The maximum absolute atomic E-state index is 5.04. The molecule has 3 heterocycles. The molecule has 0 N–H and O–H groups in total. The molecule has 254 valence electrons. The molecule has 0 spiro atoms. The molecular formula is C48H32N6. The van der Waals surface area contributed by atoms with Gasteiger partial charge in [0.1, 0.15) is 0 Å². The maximum Gasteiger partial charge on any atom is 0.164 e. The number of hydrogen-bond donors (Lipinski definition) is 0. The molecule has 0 amide bonds. The van der Waals surface area contributed by atoms with Gasteiger partial charge in [-0.05, 0) is 46.5 Å². The number of pyridine rings is 1. The van der Waals surface area contributed by atoms with Gasteiger partial charge in [0.25, 0.3) is 0 Å². The molecule has 3 aromatic heterocycles. The topological polar surface area (TPSA) is 77.3 Å². The summed E-state index contributed by atoms with van der Waals surface area (Å²) in [6, 6.07) is 61.7. The van der Waals surface area contributed by atoms with Crippen LogP contribution >= 0.6 is 0 Å². The molecule has 0 aliphatic heterocycles. The summed E-state index contributed by atoms with van der Waals surface area (Å²) in [5, 5.41) is 0. The molecule has 9 aromatic rings. The normalized spacial score (nSPS) is 11.0. The third-order valence-electron chi connectivity index (χ3n) is 9.29. The largest absolute Gasteiger partial charge is 0.265 e. The van der Waals surface area contributed by atoms with Crippen molar-refractivity contribution in [1.29, 1.82) is 0 Å². The van der Waals surface area contributed by atoms with Crippen molar-refractivity contribution in [3.05, 3.63) is 194 Å². The Labute approximate surface area is 313 Å². The number of aromatic nitrogens is 6. The van der Waals surface area contributed by atoms with Crippen molar-refractivity contribution in [1.82, 2.24) is 29.9 Å². The van der Waals surface area contributed by atoms with Crippen LogP contribution in [0, 0.1) is 0 Å². The number of nitrogens with zero attached hydrogens (tertiary/aromatic N) is 6. The standard InChI is InChI=1S/C48H32N6/c1-4-11-36(12-5-1)43-32-44(51-45(50-43)37-13-6-2-7-14-37)42-18-10-17-41(31-42)34-21-25-40(26-22-34)48-53-46(38-15-8-3-9-16-38)52-47(54-48)39-23-19-33(20-24-39)35-27-29-49-30-28-35/h1-32H. The third-order valence-corrected chi connectivity index (χ3v) is 9.29. The lowest BCUT2D eigenvalue weighted by molar-refractivity contribution is 1.07. The van der Waals surface area contributed by atoms with Gasteiger partial charge in [0.15, 0.2) is 23.3 Å². The Hall–Kier alpha value is -7.44. The highest BCUT2D eigenvalue weighted by Crippen LogP contribution is 2.32. The van der Waals surface area contributed by atoms with Crippen molar-refractivity contribution >= 4 is 0 Å². The van der Waals surface area contributed by atoms with E-state index in [1.165, 1.54) is 0 Å². The molecule has 0 fully saturated rings. The van der Waals surface area contributed by atoms with Crippen LogP contribution in [-0.4, -0.2) is 29.9 Å². The fraction of sp³-hybridized carbons (Fsp3) is 0. The van der Waals surface area contributed by atoms with Gasteiger partial charge in [0.2, 0.25) is 0 Å². The Kier molecular flexibility index (Phi) is 8.81. The lowest BCUT2D eigenvalue weighted by atomic mass is 9.99. The van der Waals surface area contributed by atoms with E-state index in [9.17, 15) is 0 Å². The van der Waals surface area contributed by atoms with E-state index >= 15 is 0 Å². The molecule has 54 heavy (non-hydrogen) atoms. The van der Waals surface area contributed by atoms with Crippen molar-refractivity contribution < 1.29 is 0 Å². The summed E-state index contributed by atoms with van der Waals surface area (Å²) in [7, 11) is 0. The van der Waals surface area contributed by atoms with Crippen LogP contribution in [0.3, 0.4) is 0 Å². The number of hydrogen-bond acceptors (Lipinski definition) is 6. The van der Waals surface area contributed by atoms with Gasteiger partial charge < -0.3 is 0 Å². The maximum atomic E-state index is 5.04. The predicted octanol–water partition coefficient (Wildman–Crippen LogP) is 11.4. The second-order valence-electron chi connectivity index (χ2n) is 12.8.